The Morgan fingerprint density at radius 1 is 1.11 bits per heavy atom. The van der Waals surface area contributed by atoms with E-state index in [1.165, 1.54) is 18.2 Å². The number of hydrogen-bond donors (Lipinski definition) is 2. The van der Waals surface area contributed by atoms with Crippen molar-refractivity contribution in [2.45, 2.75) is 4.90 Å². The number of rotatable bonds is 2. The number of hydrogen-bond acceptors (Lipinski definition) is 2. The molecule has 0 bridgehead atoms. The van der Waals surface area contributed by atoms with Gasteiger partial charge in [-0.2, -0.15) is 0 Å². The number of benzene rings is 2. The molecular weight excluding hydrogens is 308 g/mol. The first kappa shape index (κ1) is 14.2. The van der Waals surface area contributed by atoms with Gasteiger partial charge in [0.1, 0.15) is 5.82 Å². The summed E-state index contributed by atoms with van der Waals surface area (Å²) in [5, 5.41) is 2.65. The average molecular weight is 316 g/mol. The van der Waals surface area contributed by atoms with Crippen LogP contribution in [0.2, 0.25) is 10.0 Å². The Balaban J connectivity index is 2.31. The molecule has 0 spiro atoms. The predicted molar refractivity (Wildman–Crippen MR) is 78.1 cm³/mol. The number of carbonyl (C=O) groups is 1. The molecule has 0 atom stereocenters. The number of thiol groups is 1. The summed E-state index contributed by atoms with van der Waals surface area (Å²) in [6, 6.07) is 9.02. The molecule has 6 heteroatoms. The average Bonchev–Trinajstić information content (AvgIpc) is 2.38. The van der Waals surface area contributed by atoms with Gasteiger partial charge < -0.3 is 5.32 Å². The minimum atomic E-state index is -0.650. The Labute approximate surface area is 124 Å². The van der Waals surface area contributed by atoms with Crippen LogP contribution in [0.3, 0.4) is 0 Å². The highest BCUT2D eigenvalue weighted by Gasteiger charge is 2.15. The van der Waals surface area contributed by atoms with E-state index >= 15 is 0 Å². The quantitative estimate of drug-likeness (QED) is 0.774. The Hall–Kier alpha value is -1.23. The van der Waals surface area contributed by atoms with Gasteiger partial charge in [0.05, 0.1) is 21.3 Å². The van der Waals surface area contributed by atoms with Gasteiger partial charge in [0.25, 0.3) is 5.91 Å². The van der Waals surface area contributed by atoms with Crippen molar-refractivity contribution in [2.75, 3.05) is 5.32 Å². The molecular formula is C13H8Cl2FNOS. The third kappa shape index (κ3) is 3.03. The predicted octanol–water partition coefficient (Wildman–Crippen LogP) is 4.67. The fourth-order valence-corrected chi connectivity index (χ4v) is 2.08. The van der Waals surface area contributed by atoms with Crippen molar-refractivity contribution in [3.8, 4) is 0 Å². The highest BCUT2D eigenvalue weighted by molar-refractivity contribution is 7.80. The van der Waals surface area contributed by atoms with Crippen LogP contribution in [0.1, 0.15) is 10.4 Å². The maximum absolute atomic E-state index is 13.3. The molecule has 0 fully saturated rings. The summed E-state index contributed by atoms with van der Waals surface area (Å²) in [5.74, 6) is -1.19. The van der Waals surface area contributed by atoms with Crippen LogP contribution in [0.5, 0.6) is 0 Å². The van der Waals surface area contributed by atoms with Crippen LogP contribution in [-0.2, 0) is 0 Å². The Morgan fingerprint density at radius 3 is 2.53 bits per heavy atom. The van der Waals surface area contributed by atoms with Crippen molar-refractivity contribution >= 4 is 47.4 Å². The lowest BCUT2D eigenvalue weighted by molar-refractivity contribution is 0.102. The van der Waals surface area contributed by atoms with Crippen LogP contribution in [0, 0.1) is 5.82 Å². The second kappa shape index (κ2) is 5.82. The minimum Gasteiger partial charge on any atom is -0.321 e. The fraction of sp³-hybridized carbons (Fsp3) is 0. The molecule has 0 aliphatic rings. The van der Waals surface area contributed by atoms with E-state index in [2.05, 4.69) is 17.9 Å². The van der Waals surface area contributed by atoms with Crippen molar-refractivity contribution in [3.05, 3.63) is 57.8 Å². The van der Waals surface area contributed by atoms with Crippen LogP contribution >= 0.6 is 35.8 Å². The standard InChI is InChI=1S/C13H8Cl2FNOS/c14-11-7(3-1-4-8(11)16)13(18)17-9-5-2-6-10(19)12(9)15/h1-6,19H,(H,17,18). The van der Waals surface area contributed by atoms with Crippen LogP contribution in [0.25, 0.3) is 0 Å². The molecule has 19 heavy (non-hydrogen) atoms. The molecule has 2 nitrogen and oxygen atoms in total. The molecule has 0 unspecified atom stereocenters. The van der Waals surface area contributed by atoms with Gasteiger partial charge in [0.15, 0.2) is 0 Å². The zero-order valence-electron chi connectivity index (χ0n) is 9.45. The first-order valence-corrected chi connectivity index (χ1v) is 6.44. The molecule has 0 aromatic heterocycles. The first-order valence-electron chi connectivity index (χ1n) is 5.23. The van der Waals surface area contributed by atoms with E-state index in [-0.39, 0.29) is 10.6 Å². The third-order valence-corrected chi connectivity index (χ3v) is 3.72. The highest BCUT2D eigenvalue weighted by atomic mass is 35.5. The number of halogens is 3. The summed E-state index contributed by atoms with van der Waals surface area (Å²) in [5.41, 5.74) is 0.432. The van der Waals surface area contributed by atoms with Gasteiger partial charge >= 0.3 is 0 Å². The maximum atomic E-state index is 13.3. The third-order valence-electron chi connectivity index (χ3n) is 2.42. The van der Waals surface area contributed by atoms with Gasteiger partial charge in [0, 0.05) is 4.90 Å². The van der Waals surface area contributed by atoms with E-state index < -0.39 is 11.7 Å². The molecule has 1 N–H and O–H groups in total. The van der Waals surface area contributed by atoms with Crippen LogP contribution in [-0.4, -0.2) is 5.91 Å². The molecule has 2 rings (SSSR count). The molecule has 0 radical (unpaired) electrons. The molecule has 0 heterocycles. The van der Waals surface area contributed by atoms with Crippen molar-refractivity contribution in [2.24, 2.45) is 0 Å². The van der Waals surface area contributed by atoms with Crippen LogP contribution in [0.4, 0.5) is 10.1 Å². The number of amides is 1. The molecule has 0 saturated carbocycles. The topological polar surface area (TPSA) is 29.1 Å². The largest absolute Gasteiger partial charge is 0.321 e. The molecule has 2 aromatic carbocycles. The summed E-state index contributed by atoms with van der Waals surface area (Å²) in [6.45, 7) is 0. The lowest BCUT2D eigenvalue weighted by Gasteiger charge is -2.09. The van der Waals surface area contributed by atoms with E-state index in [0.29, 0.717) is 15.6 Å². The molecule has 0 saturated heterocycles. The van der Waals surface area contributed by atoms with Gasteiger partial charge in [-0.3, -0.25) is 4.79 Å². The van der Waals surface area contributed by atoms with E-state index in [4.69, 9.17) is 23.2 Å². The monoisotopic (exact) mass is 315 g/mol. The molecule has 2 aromatic rings. The van der Waals surface area contributed by atoms with Crippen molar-refractivity contribution in [1.82, 2.24) is 0 Å². The molecule has 0 aliphatic carbocycles. The smallest absolute Gasteiger partial charge is 0.257 e. The van der Waals surface area contributed by atoms with Gasteiger partial charge in [0.2, 0.25) is 0 Å². The minimum absolute atomic E-state index is 0.0438. The van der Waals surface area contributed by atoms with E-state index in [1.807, 2.05) is 0 Å². The summed E-state index contributed by atoms with van der Waals surface area (Å²) in [4.78, 5) is 12.5. The van der Waals surface area contributed by atoms with Gasteiger partial charge in [-0.15, -0.1) is 12.6 Å². The summed E-state index contributed by atoms with van der Waals surface area (Å²) < 4.78 is 13.3. The van der Waals surface area contributed by atoms with Gasteiger partial charge in [-0.25, -0.2) is 4.39 Å². The molecule has 1 amide bonds. The fourth-order valence-electron chi connectivity index (χ4n) is 1.49. The summed E-state index contributed by atoms with van der Waals surface area (Å²) >= 11 is 15.9. The van der Waals surface area contributed by atoms with Gasteiger partial charge in [-0.05, 0) is 24.3 Å². The zero-order valence-corrected chi connectivity index (χ0v) is 11.9. The van der Waals surface area contributed by atoms with Gasteiger partial charge in [-0.1, -0.05) is 35.3 Å². The Kier molecular flexibility index (Phi) is 4.34. The highest BCUT2D eigenvalue weighted by Crippen LogP contribution is 2.29. The lowest BCUT2D eigenvalue weighted by atomic mass is 10.2. The van der Waals surface area contributed by atoms with Crippen molar-refractivity contribution in [3.63, 3.8) is 0 Å². The lowest BCUT2D eigenvalue weighted by Crippen LogP contribution is -2.13. The summed E-state index contributed by atoms with van der Waals surface area (Å²) in [6.07, 6.45) is 0. The van der Waals surface area contributed by atoms with Crippen LogP contribution < -0.4 is 5.32 Å². The SMILES string of the molecule is O=C(Nc1cccc(S)c1Cl)c1cccc(F)c1Cl. The molecule has 0 aliphatic heterocycles. The molecule has 98 valence electrons. The zero-order chi connectivity index (χ0) is 14.0. The van der Waals surface area contributed by atoms with Crippen molar-refractivity contribution in [1.29, 1.82) is 0 Å². The van der Waals surface area contributed by atoms with Crippen LogP contribution in [0.15, 0.2) is 41.3 Å². The Morgan fingerprint density at radius 2 is 1.79 bits per heavy atom. The second-order valence-electron chi connectivity index (χ2n) is 3.69. The second-order valence-corrected chi connectivity index (χ2v) is 4.93. The van der Waals surface area contributed by atoms with Crippen molar-refractivity contribution < 1.29 is 9.18 Å². The van der Waals surface area contributed by atoms with E-state index in [9.17, 15) is 9.18 Å². The maximum Gasteiger partial charge on any atom is 0.257 e. The Bertz CT molecular complexity index is 649. The van der Waals surface area contributed by atoms with E-state index in [0.717, 1.165) is 0 Å². The number of nitrogens with one attached hydrogen (secondary N) is 1. The first-order chi connectivity index (χ1) is 9.00. The number of anilines is 1. The normalized spacial score (nSPS) is 10.3. The number of carbonyl (C=O) groups excluding carboxylic acids is 1. The summed E-state index contributed by atoms with van der Waals surface area (Å²) in [7, 11) is 0. The van der Waals surface area contributed by atoms with E-state index in [1.54, 1.807) is 18.2 Å².